The third-order valence-corrected chi connectivity index (χ3v) is 2.79. The number of hydrogen-bond acceptors (Lipinski definition) is 4. The fourth-order valence-electron chi connectivity index (χ4n) is 2.02. The number of aromatic nitrogens is 2. The second-order valence-electron chi connectivity index (χ2n) is 3.80. The van der Waals surface area contributed by atoms with E-state index < -0.39 is 0 Å². The summed E-state index contributed by atoms with van der Waals surface area (Å²) < 4.78 is 4.56. The van der Waals surface area contributed by atoms with Gasteiger partial charge in [-0.2, -0.15) is 0 Å². The van der Waals surface area contributed by atoms with Gasteiger partial charge in [0.1, 0.15) is 5.69 Å². The molecule has 4 heteroatoms. The number of nitrogens with two attached hydrogens (primary N) is 1. The highest BCUT2D eigenvalue weighted by molar-refractivity contribution is 5.31. The van der Waals surface area contributed by atoms with Crippen LogP contribution in [0.2, 0.25) is 0 Å². The van der Waals surface area contributed by atoms with Gasteiger partial charge in [-0.25, -0.2) is 4.63 Å². The molecule has 1 aromatic heterocycles. The van der Waals surface area contributed by atoms with E-state index in [0.29, 0.717) is 5.82 Å². The Balaban J connectivity index is 1.93. The van der Waals surface area contributed by atoms with Crippen molar-refractivity contribution in [3.8, 4) is 0 Å². The topological polar surface area (TPSA) is 64.9 Å². The molecule has 0 atom stereocenters. The van der Waals surface area contributed by atoms with Crippen LogP contribution < -0.4 is 5.73 Å². The van der Waals surface area contributed by atoms with Crippen molar-refractivity contribution in [2.45, 2.75) is 38.5 Å². The molecule has 2 rings (SSSR count). The lowest BCUT2D eigenvalue weighted by Crippen LogP contribution is -2.10. The zero-order valence-electron chi connectivity index (χ0n) is 7.70. The van der Waals surface area contributed by atoms with E-state index in [1.54, 1.807) is 0 Å². The lowest BCUT2D eigenvalue weighted by atomic mass is 9.86. The van der Waals surface area contributed by atoms with E-state index in [4.69, 9.17) is 5.73 Å². The first-order valence-electron chi connectivity index (χ1n) is 4.93. The van der Waals surface area contributed by atoms with Crippen molar-refractivity contribution in [3.63, 3.8) is 0 Å². The van der Waals surface area contributed by atoms with Gasteiger partial charge in [0.2, 0.25) is 0 Å². The van der Waals surface area contributed by atoms with E-state index in [0.717, 1.165) is 18.0 Å². The molecule has 0 radical (unpaired) electrons. The molecular weight excluding hydrogens is 166 g/mol. The van der Waals surface area contributed by atoms with Crippen molar-refractivity contribution in [1.82, 2.24) is 10.3 Å². The van der Waals surface area contributed by atoms with Crippen LogP contribution in [0.1, 0.15) is 37.8 Å². The second kappa shape index (κ2) is 3.77. The molecule has 72 valence electrons. The standard InChI is InChI=1S/C9H15N3O/c10-9-8(11-13-12-9)6-7-4-2-1-3-5-7/h7H,1-6H2,(H2,10,12). The molecule has 0 saturated heterocycles. The lowest BCUT2D eigenvalue weighted by molar-refractivity contribution is 0.296. The summed E-state index contributed by atoms with van der Waals surface area (Å²) in [5.74, 6) is 1.20. The Labute approximate surface area is 77.5 Å². The predicted molar refractivity (Wildman–Crippen MR) is 49.0 cm³/mol. The highest BCUT2D eigenvalue weighted by atomic mass is 16.6. The van der Waals surface area contributed by atoms with Gasteiger partial charge < -0.3 is 5.73 Å². The number of anilines is 1. The number of hydrogen-bond donors (Lipinski definition) is 1. The third kappa shape index (κ3) is 1.99. The summed E-state index contributed by atoms with van der Waals surface area (Å²) in [4.78, 5) is 0. The van der Waals surface area contributed by atoms with Crippen LogP contribution in [0.25, 0.3) is 0 Å². The Morgan fingerprint density at radius 1 is 1.23 bits per heavy atom. The first-order chi connectivity index (χ1) is 6.36. The van der Waals surface area contributed by atoms with Crippen molar-refractivity contribution in [1.29, 1.82) is 0 Å². The molecule has 13 heavy (non-hydrogen) atoms. The molecule has 1 aliphatic rings. The quantitative estimate of drug-likeness (QED) is 0.755. The van der Waals surface area contributed by atoms with Crippen LogP contribution in [0.15, 0.2) is 4.63 Å². The van der Waals surface area contributed by atoms with Gasteiger partial charge in [-0.3, -0.25) is 0 Å². The Morgan fingerprint density at radius 2 is 2.00 bits per heavy atom. The first-order valence-corrected chi connectivity index (χ1v) is 4.93. The van der Waals surface area contributed by atoms with E-state index in [-0.39, 0.29) is 0 Å². The fraction of sp³-hybridized carbons (Fsp3) is 0.778. The predicted octanol–water partition coefficient (Wildman–Crippen LogP) is 1.77. The van der Waals surface area contributed by atoms with Gasteiger partial charge in [-0.05, 0) is 17.5 Å². The second-order valence-corrected chi connectivity index (χ2v) is 3.80. The van der Waals surface area contributed by atoms with Gasteiger partial charge in [0.05, 0.1) is 0 Å². The molecule has 4 nitrogen and oxygen atoms in total. The van der Waals surface area contributed by atoms with Crippen molar-refractivity contribution in [2.75, 3.05) is 5.73 Å². The summed E-state index contributed by atoms with van der Waals surface area (Å²) in [7, 11) is 0. The highest BCUT2D eigenvalue weighted by Gasteiger charge is 2.17. The molecule has 0 unspecified atom stereocenters. The summed E-state index contributed by atoms with van der Waals surface area (Å²) in [5, 5.41) is 7.37. The van der Waals surface area contributed by atoms with E-state index in [9.17, 15) is 0 Å². The van der Waals surface area contributed by atoms with Crippen LogP contribution in [0, 0.1) is 5.92 Å². The molecule has 0 aliphatic heterocycles. The van der Waals surface area contributed by atoms with Crippen LogP contribution in [0.3, 0.4) is 0 Å². The van der Waals surface area contributed by atoms with Crippen LogP contribution in [0.5, 0.6) is 0 Å². The summed E-state index contributed by atoms with van der Waals surface area (Å²) in [5.41, 5.74) is 6.43. The number of nitrogens with zero attached hydrogens (tertiary/aromatic N) is 2. The van der Waals surface area contributed by atoms with Gasteiger partial charge in [0.15, 0.2) is 5.82 Å². The van der Waals surface area contributed by atoms with Gasteiger partial charge in [0.25, 0.3) is 0 Å². The smallest absolute Gasteiger partial charge is 0.191 e. The first kappa shape index (κ1) is 8.53. The summed E-state index contributed by atoms with van der Waals surface area (Å²) in [6.07, 6.45) is 7.60. The van der Waals surface area contributed by atoms with Crippen LogP contribution in [-0.4, -0.2) is 10.3 Å². The molecule has 0 spiro atoms. The average Bonchev–Trinajstić information content (AvgIpc) is 2.54. The zero-order chi connectivity index (χ0) is 9.10. The summed E-state index contributed by atoms with van der Waals surface area (Å²) >= 11 is 0. The summed E-state index contributed by atoms with van der Waals surface area (Å²) in [6, 6.07) is 0. The molecule has 1 heterocycles. The van der Waals surface area contributed by atoms with E-state index in [2.05, 4.69) is 14.9 Å². The minimum atomic E-state index is 0.463. The van der Waals surface area contributed by atoms with E-state index >= 15 is 0 Å². The lowest BCUT2D eigenvalue weighted by Gasteiger charge is -2.19. The fourth-order valence-corrected chi connectivity index (χ4v) is 2.02. The van der Waals surface area contributed by atoms with Gasteiger partial charge in [0, 0.05) is 0 Å². The van der Waals surface area contributed by atoms with Crippen LogP contribution in [0.4, 0.5) is 5.82 Å². The molecular formula is C9H15N3O. The Bertz CT molecular complexity index is 266. The molecule has 0 bridgehead atoms. The van der Waals surface area contributed by atoms with Crippen molar-refractivity contribution in [3.05, 3.63) is 5.69 Å². The molecule has 0 aromatic carbocycles. The minimum absolute atomic E-state index is 0.463. The number of nitrogen functional groups attached to an aromatic ring is 1. The van der Waals surface area contributed by atoms with Gasteiger partial charge in [-0.15, -0.1) is 0 Å². The molecule has 1 aromatic rings. The van der Waals surface area contributed by atoms with E-state index in [1.807, 2.05) is 0 Å². The van der Waals surface area contributed by atoms with Crippen molar-refractivity contribution >= 4 is 5.82 Å². The Hall–Kier alpha value is -1.06. The maximum Gasteiger partial charge on any atom is 0.191 e. The Kier molecular flexibility index (Phi) is 2.47. The van der Waals surface area contributed by atoms with Crippen LogP contribution >= 0.6 is 0 Å². The van der Waals surface area contributed by atoms with Gasteiger partial charge in [-0.1, -0.05) is 37.3 Å². The maximum atomic E-state index is 5.59. The molecule has 1 fully saturated rings. The minimum Gasteiger partial charge on any atom is -0.379 e. The SMILES string of the molecule is Nc1nonc1CC1CCCCC1. The van der Waals surface area contributed by atoms with Gasteiger partial charge >= 0.3 is 0 Å². The molecule has 2 N–H and O–H groups in total. The largest absolute Gasteiger partial charge is 0.379 e. The van der Waals surface area contributed by atoms with E-state index in [1.165, 1.54) is 32.1 Å². The molecule has 1 aliphatic carbocycles. The molecule has 1 saturated carbocycles. The van der Waals surface area contributed by atoms with Crippen molar-refractivity contribution in [2.24, 2.45) is 5.92 Å². The average molecular weight is 181 g/mol. The van der Waals surface area contributed by atoms with Crippen molar-refractivity contribution < 1.29 is 4.63 Å². The monoisotopic (exact) mass is 181 g/mol. The van der Waals surface area contributed by atoms with Crippen LogP contribution in [-0.2, 0) is 6.42 Å². The molecule has 0 amide bonds. The maximum absolute atomic E-state index is 5.59. The third-order valence-electron chi connectivity index (χ3n) is 2.79. The normalized spacial score (nSPS) is 19.1. The zero-order valence-corrected chi connectivity index (χ0v) is 7.70. The Morgan fingerprint density at radius 3 is 2.62 bits per heavy atom. The highest BCUT2D eigenvalue weighted by Crippen LogP contribution is 2.27. The summed E-state index contributed by atoms with van der Waals surface area (Å²) in [6.45, 7) is 0. The number of rotatable bonds is 2.